The molecule has 6 aliphatic rings. The standard InChI is InChI=1S/C62H94O25/c1-11-12-13-14-15-16-17-18-42(65)86-58-32(7)80-43(22-37(58)64)83-39-23-44(77-29(4)52(39)68)82-38-21-35-19-34-20-36(59(76-10)57(73)51(67)28(3)63)60(56(72)49(34)55(71)48(35)50(66)27(38)2)87-46-25-40(53(69)31(6)79-46)84-45-24-41(54(70)30(5)78-45)85-47-26-62(9,75)61(74)33(8)81-47/h19,21,28-33,36-37,39-41,43-47,51-54,58-61,63-64,66-71,74-75H,11-18,20,22-26H2,1-10H3/t28-,29-,30-,31-,32-,33-,36+,37-,39-,40-,41-,43+,44+,45+,46+,47+,51+,52-,53-,54+,58-,59+,60+,61-,62+/m1/s1. The fourth-order valence-corrected chi connectivity index (χ4v) is 12.9. The van der Waals surface area contributed by atoms with E-state index in [9.17, 15) is 60.7 Å². The SMILES string of the molecule is CCCCCCCCCC(=O)O[C@H]1[C@H](O)C[C@H](O[C@@H]2C[C@H](Oc3cc4cc5c(c(O)c4c(O)c3C)C(=O)[C@@H](O[C@H]3C[C@@H](O[C@H]4C[C@@H](O[C@H]6C[C@](C)(O)[C@H](O)[C@@H](C)O6)[C@@H](O)[C@@H](C)O4)[C@H](O)[C@@H](C)O3)[C@H]([C@H](OC)C(=O)[C@@H](O)[C@@H](C)O)C5)O[C@H](C)[C@H]2O)O[C@@H]1C. The van der Waals surface area contributed by atoms with Crippen molar-refractivity contribution in [3.63, 3.8) is 0 Å². The van der Waals surface area contributed by atoms with E-state index in [1.165, 1.54) is 52.9 Å². The predicted octanol–water partition coefficient (Wildman–Crippen LogP) is 3.44. The molecule has 5 saturated heterocycles. The number of phenolic OH excluding ortho intramolecular Hbond substituents is 2. The van der Waals surface area contributed by atoms with Crippen molar-refractivity contribution in [3.8, 4) is 17.2 Å². The van der Waals surface area contributed by atoms with Crippen molar-refractivity contribution in [3.05, 3.63) is 28.8 Å². The summed E-state index contributed by atoms with van der Waals surface area (Å²) in [6, 6.07) is 3.04. The van der Waals surface area contributed by atoms with Gasteiger partial charge >= 0.3 is 5.97 Å². The summed E-state index contributed by atoms with van der Waals surface area (Å²) in [4.78, 5) is 41.9. The number of ether oxygens (including phenoxy) is 12. The fraction of sp³-hybridized carbons (Fsp3) is 0.790. The number of ketones is 2. The van der Waals surface area contributed by atoms with E-state index < -0.39 is 182 Å². The van der Waals surface area contributed by atoms with Crippen LogP contribution in [0.5, 0.6) is 17.2 Å². The van der Waals surface area contributed by atoms with Crippen LogP contribution in [0.3, 0.4) is 0 Å². The summed E-state index contributed by atoms with van der Waals surface area (Å²) in [5.41, 5.74) is -1.49. The van der Waals surface area contributed by atoms with Gasteiger partial charge in [0.05, 0.1) is 77.6 Å². The molecule has 0 saturated carbocycles. The molecule has 0 amide bonds. The number of fused-ring (bicyclic) bond motifs is 2. The van der Waals surface area contributed by atoms with Crippen LogP contribution in [0.2, 0.25) is 0 Å². The molecule has 0 unspecified atom stereocenters. The van der Waals surface area contributed by atoms with Crippen LogP contribution in [0, 0.1) is 12.8 Å². The summed E-state index contributed by atoms with van der Waals surface area (Å²) >= 11 is 0. The molecule has 25 heteroatoms. The van der Waals surface area contributed by atoms with Crippen LogP contribution in [0.15, 0.2) is 12.1 Å². The number of esters is 1. The lowest BCUT2D eigenvalue weighted by Gasteiger charge is -2.46. The molecule has 492 valence electrons. The first-order chi connectivity index (χ1) is 41.1. The normalized spacial score (nSPS) is 38.6. The van der Waals surface area contributed by atoms with Crippen LogP contribution in [-0.4, -0.2) is 223 Å². The van der Waals surface area contributed by atoms with Gasteiger partial charge in [0.25, 0.3) is 0 Å². The Labute approximate surface area is 507 Å². The smallest absolute Gasteiger partial charge is 0.306 e. The lowest BCUT2D eigenvalue weighted by molar-refractivity contribution is -0.334. The number of aliphatic hydroxyl groups excluding tert-OH is 7. The van der Waals surface area contributed by atoms with E-state index in [1.807, 2.05) is 0 Å². The number of unbranched alkanes of at least 4 members (excludes halogenated alkanes) is 6. The van der Waals surface area contributed by atoms with Crippen molar-refractivity contribution in [1.82, 2.24) is 0 Å². The zero-order valence-corrected chi connectivity index (χ0v) is 51.5. The number of phenols is 2. The lowest BCUT2D eigenvalue weighted by Crippen LogP contribution is -2.58. The average molecular weight is 1240 g/mol. The second-order valence-corrected chi connectivity index (χ2v) is 25.0. The predicted molar refractivity (Wildman–Crippen MR) is 305 cm³/mol. The van der Waals surface area contributed by atoms with E-state index in [0.29, 0.717) is 6.42 Å². The number of carbonyl (C=O) groups is 3. The molecule has 8 rings (SSSR count). The maximum absolute atomic E-state index is 15.1. The third kappa shape index (κ3) is 15.9. The molecule has 0 spiro atoms. The number of hydrogen-bond acceptors (Lipinski definition) is 25. The van der Waals surface area contributed by atoms with Gasteiger partial charge in [-0.3, -0.25) is 14.4 Å². The van der Waals surface area contributed by atoms with Gasteiger partial charge in [0.2, 0.25) is 6.29 Å². The quantitative estimate of drug-likeness (QED) is 0.0531. The van der Waals surface area contributed by atoms with Gasteiger partial charge in [0.1, 0.15) is 60.0 Å². The molecule has 2 aromatic rings. The van der Waals surface area contributed by atoms with Crippen molar-refractivity contribution in [2.24, 2.45) is 5.92 Å². The highest BCUT2D eigenvalue weighted by atomic mass is 16.7. The molecule has 5 heterocycles. The average Bonchev–Trinajstić information content (AvgIpc) is 0.869. The van der Waals surface area contributed by atoms with E-state index >= 15 is 4.79 Å². The Bertz CT molecular complexity index is 2620. The second kappa shape index (κ2) is 29.6. The van der Waals surface area contributed by atoms with Gasteiger partial charge in [0.15, 0.2) is 42.8 Å². The Kier molecular flexibility index (Phi) is 23.5. The van der Waals surface area contributed by atoms with Gasteiger partial charge < -0.3 is 108 Å². The van der Waals surface area contributed by atoms with E-state index in [0.717, 1.165) is 25.7 Å². The van der Waals surface area contributed by atoms with E-state index in [4.69, 9.17) is 56.8 Å². The number of aromatic hydroxyl groups is 2. The van der Waals surface area contributed by atoms with Crippen LogP contribution in [-0.2, 0) is 68.1 Å². The first-order valence-corrected chi connectivity index (χ1v) is 31.0. The minimum Gasteiger partial charge on any atom is -0.507 e. The van der Waals surface area contributed by atoms with Crippen LogP contribution in [0.4, 0.5) is 0 Å². The first kappa shape index (κ1) is 69.1. The van der Waals surface area contributed by atoms with Crippen LogP contribution < -0.4 is 4.74 Å². The Morgan fingerprint density at radius 1 is 0.690 bits per heavy atom. The van der Waals surface area contributed by atoms with Crippen molar-refractivity contribution >= 4 is 28.3 Å². The summed E-state index contributed by atoms with van der Waals surface area (Å²) in [5.74, 6) is -4.52. The molecule has 10 N–H and O–H groups in total. The number of hydrogen-bond donors (Lipinski definition) is 10. The van der Waals surface area contributed by atoms with Gasteiger partial charge in [-0.15, -0.1) is 0 Å². The highest BCUT2D eigenvalue weighted by molar-refractivity contribution is 6.11. The van der Waals surface area contributed by atoms with Crippen LogP contribution in [0.1, 0.15) is 160 Å². The summed E-state index contributed by atoms with van der Waals surface area (Å²) in [6.45, 7) is 14.4. The molecule has 0 radical (unpaired) electrons. The summed E-state index contributed by atoms with van der Waals surface area (Å²) in [6.07, 6.45) is -19.6. The molecule has 5 fully saturated rings. The Hall–Kier alpha value is -3.81. The molecular weight excluding hydrogens is 1140 g/mol. The molecular formula is C62H94O25. The van der Waals surface area contributed by atoms with E-state index in [1.54, 1.807) is 34.6 Å². The zero-order valence-electron chi connectivity index (χ0n) is 51.5. The summed E-state index contributed by atoms with van der Waals surface area (Å²) < 4.78 is 73.1. The van der Waals surface area contributed by atoms with Crippen molar-refractivity contribution in [2.45, 2.75) is 299 Å². The van der Waals surface area contributed by atoms with Crippen LogP contribution >= 0.6 is 0 Å². The Morgan fingerprint density at radius 3 is 1.77 bits per heavy atom. The number of methoxy groups -OCH3 is 1. The number of aliphatic hydroxyl groups is 8. The zero-order chi connectivity index (χ0) is 63.5. The number of benzene rings is 2. The molecule has 5 aliphatic heterocycles. The van der Waals surface area contributed by atoms with Crippen LogP contribution in [0.25, 0.3) is 10.8 Å². The van der Waals surface area contributed by atoms with E-state index in [2.05, 4.69) is 6.92 Å². The molecule has 2 aromatic carbocycles. The minimum absolute atomic E-state index is 0.0560. The number of Topliss-reactive ketones (excluding diaryl/α,β-unsaturated/α-hetero) is 2. The highest BCUT2D eigenvalue weighted by Crippen LogP contribution is 2.48. The lowest BCUT2D eigenvalue weighted by atomic mass is 9.75. The molecule has 0 bridgehead atoms. The monoisotopic (exact) mass is 1240 g/mol. The maximum atomic E-state index is 15.1. The highest BCUT2D eigenvalue weighted by Gasteiger charge is 2.52. The topological polar surface area (TPSA) is 364 Å². The summed E-state index contributed by atoms with van der Waals surface area (Å²) in [5, 5.41) is 112. The molecule has 87 heavy (non-hydrogen) atoms. The Balaban J connectivity index is 0.978. The first-order valence-electron chi connectivity index (χ1n) is 31.0. The second-order valence-electron chi connectivity index (χ2n) is 25.0. The summed E-state index contributed by atoms with van der Waals surface area (Å²) in [7, 11) is 1.18. The molecule has 0 aromatic heterocycles. The van der Waals surface area contributed by atoms with Crippen molar-refractivity contribution < 1.29 is 122 Å². The van der Waals surface area contributed by atoms with Gasteiger partial charge in [-0.2, -0.15) is 0 Å². The van der Waals surface area contributed by atoms with Crippen molar-refractivity contribution in [2.75, 3.05) is 7.11 Å². The number of carbonyl (C=O) groups excluding carboxylic acids is 3. The van der Waals surface area contributed by atoms with Gasteiger partial charge in [0, 0.05) is 57.1 Å². The van der Waals surface area contributed by atoms with Crippen molar-refractivity contribution in [1.29, 1.82) is 0 Å². The largest absolute Gasteiger partial charge is 0.507 e. The minimum atomic E-state index is -1.96. The van der Waals surface area contributed by atoms with Gasteiger partial charge in [-0.1, -0.05) is 45.4 Å². The Morgan fingerprint density at radius 2 is 1.21 bits per heavy atom. The van der Waals surface area contributed by atoms with Gasteiger partial charge in [-0.25, -0.2) is 0 Å². The maximum Gasteiger partial charge on any atom is 0.306 e. The molecule has 25 atom stereocenters. The van der Waals surface area contributed by atoms with E-state index in [-0.39, 0.29) is 78.2 Å². The van der Waals surface area contributed by atoms with Gasteiger partial charge in [-0.05, 0) is 91.3 Å². The molecule has 25 nitrogen and oxygen atoms in total. The third-order valence-corrected chi connectivity index (χ3v) is 18.1. The number of rotatable bonds is 24. The molecule has 1 aliphatic carbocycles. The third-order valence-electron chi connectivity index (χ3n) is 18.1. The fourth-order valence-electron chi connectivity index (χ4n) is 12.9.